The summed E-state index contributed by atoms with van der Waals surface area (Å²) in [5.74, 6) is -1.05. The van der Waals surface area contributed by atoms with E-state index in [4.69, 9.17) is 11.6 Å². The summed E-state index contributed by atoms with van der Waals surface area (Å²) >= 11 is 6.16. The minimum atomic E-state index is -0.905. The number of carbonyl (C=O) groups is 2. The molecule has 0 spiro atoms. The van der Waals surface area contributed by atoms with Crippen LogP contribution in [0.1, 0.15) is 33.2 Å². The SMILES string of the molecule is CC[C@H](C(=O)Nc1ccccc1Cl)n1nc(-c2ccccc2)cc(NC(=O)C(C)C)c1=O. The second-order valence-electron chi connectivity index (χ2n) is 7.60. The molecule has 166 valence electrons. The van der Waals surface area contributed by atoms with Gasteiger partial charge in [0.15, 0.2) is 0 Å². The maximum atomic E-state index is 13.2. The Morgan fingerprint density at radius 1 is 0.969 bits per heavy atom. The quantitative estimate of drug-likeness (QED) is 0.541. The van der Waals surface area contributed by atoms with Crippen LogP contribution in [0.5, 0.6) is 0 Å². The van der Waals surface area contributed by atoms with Gasteiger partial charge in [-0.15, -0.1) is 0 Å². The number of para-hydroxylation sites is 1. The van der Waals surface area contributed by atoms with Gasteiger partial charge in [0.1, 0.15) is 11.7 Å². The number of rotatable bonds is 7. The zero-order valence-electron chi connectivity index (χ0n) is 18.1. The van der Waals surface area contributed by atoms with Gasteiger partial charge in [-0.25, -0.2) is 4.68 Å². The molecule has 1 heterocycles. The first-order valence-electron chi connectivity index (χ1n) is 10.4. The topological polar surface area (TPSA) is 93.1 Å². The third-order valence-electron chi connectivity index (χ3n) is 4.90. The van der Waals surface area contributed by atoms with Crippen LogP contribution >= 0.6 is 11.6 Å². The van der Waals surface area contributed by atoms with Crippen molar-refractivity contribution in [2.75, 3.05) is 10.6 Å². The molecular weight excluding hydrogens is 428 g/mol. The fourth-order valence-corrected chi connectivity index (χ4v) is 3.27. The average Bonchev–Trinajstić information content (AvgIpc) is 2.78. The van der Waals surface area contributed by atoms with Crippen LogP contribution in [0.4, 0.5) is 11.4 Å². The minimum absolute atomic E-state index is 0.0709. The molecule has 8 heteroatoms. The molecule has 32 heavy (non-hydrogen) atoms. The molecule has 0 aliphatic carbocycles. The fourth-order valence-electron chi connectivity index (χ4n) is 3.09. The highest BCUT2D eigenvalue weighted by Gasteiger charge is 2.24. The second-order valence-corrected chi connectivity index (χ2v) is 8.00. The molecule has 3 aromatic rings. The molecule has 2 aromatic carbocycles. The Morgan fingerprint density at radius 2 is 1.59 bits per heavy atom. The van der Waals surface area contributed by atoms with Gasteiger partial charge in [-0.3, -0.25) is 14.4 Å². The summed E-state index contributed by atoms with van der Waals surface area (Å²) in [7, 11) is 0. The molecule has 2 N–H and O–H groups in total. The summed E-state index contributed by atoms with van der Waals surface area (Å²) in [4.78, 5) is 38.6. The lowest BCUT2D eigenvalue weighted by Crippen LogP contribution is -2.37. The number of nitrogens with zero attached hydrogens (tertiary/aromatic N) is 2. The van der Waals surface area contributed by atoms with E-state index in [0.717, 1.165) is 10.2 Å². The lowest BCUT2D eigenvalue weighted by molar-refractivity contribution is -0.120. The molecule has 1 atom stereocenters. The Morgan fingerprint density at radius 3 is 2.22 bits per heavy atom. The summed E-state index contributed by atoms with van der Waals surface area (Å²) < 4.78 is 1.13. The van der Waals surface area contributed by atoms with E-state index in [1.54, 1.807) is 45.0 Å². The second kappa shape index (κ2) is 10.2. The molecule has 1 aromatic heterocycles. The van der Waals surface area contributed by atoms with Crippen LogP contribution in [0.2, 0.25) is 5.02 Å². The molecule has 7 nitrogen and oxygen atoms in total. The molecule has 0 aliphatic rings. The van der Waals surface area contributed by atoms with Gasteiger partial charge in [0.05, 0.1) is 16.4 Å². The van der Waals surface area contributed by atoms with E-state index in [2.05, 4.69) is 15.7 Å². The maximum absolute atomic E-state index is 13.2. The molecule has 0 saturated heterocycles. The highest BCUT2D eigenvalue weighted by Crippen LogP contribution is 2.24. The standard InChI is InChI=1S/C24H25ClN4O3/c1-4-21(23(31)26-18-13-9-8-12-17(18)25)29-24(32)20(27-22(30)15(2)3)14-19(28-29)16-10-6-5-7-11-16/h5-15,21H,4H2,1-3H3,(H,26,31)(H,27,30)/t21-/m1/s1. The molecular formula is C24H25ClN4O3. The molecule has 0 aliphatic heterocycles. The van der Waals surface area contributed by atoms with Crippen molar-refractivity contribution in [3.8, 4) is 11.3 Å². The van der Waals surface area contributed by atoms with Crippen LogP contribution in [0.3, 0.4) is 0 Å². The van der Waals surface area contributed by atoms with Gasteiger partial charge in [-0.1, -0.05) is 74.8 Å². The number of aromatic nitrogens is 2. The van der Waals surface area contributed by atoms with Gasteiger partial charge in [0.2, 0.25) is 11.8 Å². The monoisotopic (exact) mass is 452 g/mol. The van der Waals surface area contributed by atoms with Crippen LogP contribution in [0.25, 0.3) is 11.3 Å². The van der Waals surface area contributed by atoms with Crippen LogP contribution < -0.4 is 16.2 Å². The third kappa shape index (κ3) is 5.23. The van der Waals surface area contributed by atoms with Crippen molar-refractivity contribution in [2.24, 2.45) is 5.92 Å². The van der Waals surface area contributed by atoms with Crippen molar-refractivity contribution in [1.29, 1.82) is 0 Å². The van der Waals surface area contributed by atoms with Crippen molar-refractivity contribution in [3.63, 3.8) is 0 Å². The predicted octanol–water partition coefficient (Wildman–Crippen LogP) is 4.75. The molecule has 0 unspecified atom stereocenters. The summed E-state index contributed by atoms with van der Waals surface area (Å²) in [5.41, 5.74) is 1.18. The summed E-state index contributed by atoms with van der Waals surface area (Å²) in [5, 5.41) is 10.3. The van der Waals surface area contributed by atoms with E-state index < -0.39 is 17.5 Å². The van der Waals surface area contributed by atoms with Crippen LogP contribution in [-0.4, -0.2) is 21.6 Å². The Hall–Kier alpha value is -3.45. The predicted molar refractivity (Wildman–Crippen MR) is 127 cm³/mol. The van der Waals surface area contributed by atoms with Gasteiger partial charge in [-0.05, 0) is 24.6 Å². The molecule has 3 rings (SSSR count). The summed E-state index contributed by atoms with van der Waals surface area (Å²) in [6, 6.07) is 16.7. The average molecular weight is 453 g/mol. The lowest BCUT2D eigenvalue weighted by Gasteiger charge is -2.19. The highest BCUT2D eigenvalue weighted by atomic mass is 35.5. The van der Waals surface area contributed by atoms with E-state index in [1.165, 1.54) is 6.07 Å². The van der Waals surface area contributed by atoms with Crippen molar-refractivity contribution in [2.45, 2.75) is 33.2 Å². The molecule has 0 saturated carbocycles. The zero-order valence-corrected chi connectivity index (χ0v) is 18.9. The normalized spacial score (nSPS) is 11.8. The largest absolute Gasteiger partial charge is 0.323 e. The fraction of sp³-hybridized carbons (Fsp3) is 0.250. The van der Waals surface area contributed by atoms with Gasteiger partial charge in [-0.2, -0.15) is 5.10 Å². The van der Waals surface area contributed by atoms with Crippen LogP contribution in [0.15, 0.2) is 65.5 Å². The van der Waals surface area contributed by atoms with Crippen molar-refractivity contribution < 1.29 is 9.59 Å². The van der Waals surface area contributed by atoms with Crippen LogP contribution in [0, 0.1) is 5.92 Å². The highest BCUT2D eigenvalue weighted by molar-refractivity contribution is 6.33. The van der Waals surface area contributed by atoms with Gasteiger partial charge < -0.3 is 10.6 Å². The first kappa shape index (κ1) is 23.2. The number of carbonyl (C=O) groups excluding carboxylic acids is 2. The maximum Gasteiger partial charge on any atom is 0.291 e. The minimum Gasteiger partial charge on any atom is -0.323 e. The van der Waals surface area contributed by atoms with E-state index in [9.17, 15) is 14.4 Å². The van der Waals surface area contributed by atoms with E-state index >= 15 is 0 Å². The van der Waals surface area contributed by atoms with Gasteiger partial charge in [0, 0.05) is 11.5 Å². The van der Waals surface area contributed by atoms with E-state index in [1.807, 2.05) is 30.3 Å². The lowest BCUT2D eigenvalue weighted by atomic mass is 10.1. The summed E-state index contributed by atoms with van der Waals surface area (Å²) in [6.07, 6.45) is 0.305. The van der Waals surface area contributed by atoms with Crippen molar-refractivity contribution in [3.05, 3.63) is 76.0 Å². The Labute approximate surface area is 191 Å². The van der Waals surface area contributed by atoms with Crippen LogP contribution in [-0.2, 0) is 9.59 Å². The Kier molecular flexibility index (Phi) is 7.43. The third-order valence-corrected chi connectivity index (χ3v) is 5.23. The molecule has 2 amide bonds. The number of benzene rings is 2. The molecule has 0 bridgehead atoms. The number of hydrogen-bond donors (Lipinski definition) is 2. The van der Waals surface area contributed by atoms with E-state index in [0.29, 0.717) is 22.8 Å². The smallest absolute Gasteiger partial charge is 0.291 e. The van der Waals surface area contributed by atoms with Gasteiger partial charge in [0.25, 0.3) is 5.56 Å². The molecule has 0 fully saturated rings. The number of nitrogens with one attached hydrogen (secondary N) is 2. The van der Waals surface area contributed by atoms with Crippen molar-refractivity contribution >= 4 is 34.8 Å². The number of amides is 2. The Balaban J connectivity index is 2.07. The number of hydrogen-bond acceptors (Lipinski definition) is 4. The first-order valence-corrected chi connectivity index (χ1v) is 10.7. The van der Waals surface area contributed by atoms with Crippen molar-refractivity contribution in [1.82, 2.24) is 9.78 Å². The zero-order chi connectivity index (χ0) is 23.3. The molecule has 0 radical (unpaired) electrons. The van der Waals surface area contributed by atoms with E-state index in [-0.39, 0.29) is 17.5 Å². The first-order chi connectivity index (χ1) is 15.3. The van der Waals surface area contributed by atoms with Gasteiger partial charge >= 0.3 is 0 Å². The number of anilines is 2. The summed E-state index contributed by atoms with van der Waals surface area (Å²) in [6.45, 7) is 5.25. The Bertz CT molecular complexity index is 1180. The number of halogens is 1.